The molecule has 1 unspecified atom stereocenters. The maximum Gasteiger partial charge on any atom is 0.180 e. The summed E-state index contributed by atoms with van der Waals surface area (Å²) < 4.78 is 0. The van der Waals surface area contributed by atoms with Gasteiger partial charge in [-0.2, -0.15) is 0 Å². The molecule has 2 aromatic rings. The van der Waals surface area contributed by atoms with Crippen LogP contribution < -0.4 is 5.73 Å². The fraction of sp³-hybridized carbons (Fsp3) is 0.438. The lowest BCUT2D eigenvalue weighted by molar-refractivity contribution is 0.0740. The minimum absolute atomic E-state index is 0.561. The number of hydrogen-bond acceptors (Lipinski definition) is 5. The van der Waals surface area contributed by atoms with Crippen LogP contribution in [0.15, 0.2) is 36.5 Å². The molecule has 0 saturated carbocycles. The van der Waals surface area contributed by atoms with Gasteiger partial charge in [0.15, 0.2) is 5.13 Å². The monoisotopic (exact) mass is 302 g/mol. The topological polar surface area (TPSA) is 45.4 Å². The highest BCUT2D eigenvalue weighted by Gasteiger charge is 2.24. The molecule has 3 rings (SSSR count). The summed E-state index contributed by atoms with van der Waals surface area (Å²) in [4.78, 5) is 10.5. The van der Waals surface area contributed by atoms with Gasteiger partial charge in [-0.3, -0.25) is 9.80 Å². The van der Waals surface area contributed by atoms with E-state index in [-0.39, 0.29) is 0 Å². The molecule has 1 aliphatic heterocycles. The van der Waals surface area contributed by atoms with Crippen LogP contribution in [0.3, 0.4) is 0 Å². The molecular weight excluding hydrogens is 280 g/mol. The number of nitrogens with two attached hydrogens (primary N) is 1. The maximum atomic E-state index is 5.71. The van der Waals surface area contributed by atoms with Crippen molar-refractivity contribution < 1.29 is 0 Å². The Morgan fingerprint density at radius 3 is 2.71 bits per heavy atom. The van der Waals surface area contributed by atoms with Crippen molar-refractivity contribution in [2.45, 2.75) is 26.1 Å². The Morgan fingerprint density at radius 2 is 2.05 bits per heavy atom. The zero-order valence-electron chi connectivity index (χ0n) is 12.4. The van der Waals surface area contributed by atoms with Crippen LogP contribution in [0, 0.1) is 0 Å². The molecule has 0 amide bonds. The number of aromatic nitrogens is 1. The smallest absolute Gasteiger partial charge is 0.180 e. The molecular formula is C16H22N4S. The number of thiazole rings is 1. The van der Waals surface area contributed by atoms with E-state index in [2.05, 4.69) is 52.0 Å². The standard InChI is InChI=1S/C16H22N4S/c1-13-10-19(11-14-5-3-2-4-6-14)7-8-20(13)12-15-9-18-16(17)21-15/h2-6,9,13H,7-8,10-12H2,1H3,(H2,17,18). The molecule has 4 nitrogen and oxygen atoms in total. The lowest BCUT2D eigenvalue weighted by Gasteiger charge is -2.39. The quantitative estimate of drug-likeness (QED) is 0.942. The van der Waals surface area contributed by atoms with Gasteiger partial charge in [0.2, 0.25) is 0 Å². The van der Waals surface area contributed by atoms with Gasteiger partial charge >= 0.3 is 0 Å². The zero-order chi connectivity index (χ0) is 14.7. The van der Waals surface area contributed by atoms with Crippen molar-refractivity contribution in [2.24, 2.45) is 0 Å². The highest BCUT2D eigenvalue weighted by Crippen LogP contribution is 2.20. The summed E-state index contributed by atoms with van der Waals surface area (Å²) in [5.41, 5.74) is 7.10. The van der Waals surface area contributed by atoms with Gasteiger partial charge in [-0.1, -0.05) is 30.3 Å². The Balaban J connectivity index is 1.54. The first-order chi connectivity index (χ1) is 10.2. The predicted octanol–water partition coefficient (Wildman–Crippen LogP) is 2.43. The molecule has 5 heteroatoms. The van der Waals surface area contributed by atoms with Crippen LogP contribution in [0.25, 0.3) is 0 Å². The van der Waals surface area contributed by atoms with Crippen molar-refractivity contribution in [3.8, 4) is 0 Å². The predicted molar refractivity (Wildman–Crippen MR) is 88.1 cm³/mol. The molecule has 1 saturated heterocycles. The SMILES string of the molecule is CC1CN(Cc2ccccc2)CCN1Cc1cnc(N)s1. The van der Waals surface area contributed by atoms with E-state index in [1.807, 2.05) is 6.20 Å². The lowest BCUT2D eigenvalue weighted by Crippen LogP contribution is -2.50. The summed E-state index contributed by atoms with van der Waals surface area (Å²) >= 11 is 1.60. The fourth-order valence-corrected chi connectivity index (χ4v) is 3.60. The average Bonchev–Trinajstić information content (AvgIpc) is 2.88. The van der Waals surface area contributed by atoms with Crippen molar-refractivity contribution in [1.82, 2.24) is 14.8 Å². The Morgan fingerprint density at radius 1 is 1.24 bits per heavy atom. The molecule has 0 radical (unpaired) electrons. The molecule has 21 heavy (non-hydrogen) atoms. The molecule has 0 aliphatic carbocycles. The van der Waals surface area contributed by atoms with Crippen molar-refractivity contribution in [1.29, 1.82) is 0 Å². The van der Waals surface area contributed by atoms with Crippen molar-refractivity contribution in [3.63, 3.8) is 0 Å². The van der Waals surface area contributed by atoms with E-state index in [4.69, 9.17) is 5.73 Å². The molecule has 2 heterocycles. The van der Waals surface area contributed by atoms with Gasteiger partial charge in [-0.15, -0.1) is 11.3 Å². The van der Waals surface area contributed by atoms with E-state index in [1.165, 1.54) is 10.4 Å². The number of benzene rings is 1. The highest BCUT2D eigenvalue weighted by molar-refractivity contribution is 7.15. The maximum absolute atomic E-state index is 5.71. The van der Waals surface area contributed by atoms with E-state index in [0.717, 1.165) is 32.7 Å². The Labute approximate surface area is 130 Å². The summed E-state index contributed by atoms with van der Waals surface area (Å²) in [5, 5.41) is 0.667. The van der Waals surface area contributed by atoms with E-state index in [1.54, 1.807) is 11.3 Å². The second-order valence-electron chi connectivity index (χ2n) is 5.71. The average molecular weight is 302 g/mol. The third-order valence-electron chi connectivity index (χ3n) is 4.03. The Kier molecular flexibility index (Phi) is 4.53. The van der Waals surface area contributed by atoms with Gasteiger partial charge in [0.25, 0.3) is 0 Å². The van der Waals surface area contributed by atoms with E-state index in [9.17, 15) is 0 Å². The van der Waals surface area contributed by atoms with Crippen LogP contribution in [-0.4, -0.2) is 40.5 Å². The van der Waals surface area contributed by atoms with E-state index < -0.39 is 0 Å². The van der Waals surface area contributed by atoms with Crippen molar-refractivity contribution in [3.05, 3.63) is 47.0 Å². The first kappa shape index (κ1) is 14.5. The van der Waals surface area contributed by atoms with Crippen LogP contribution in [0.5, 0.6) is 0 Å². The van der Waals surface area contributed by atoms with Crippen molar-refractivity contribution in [2.75, 3.05) is 25.4 Å². The van der Waals surface area contributed by atoms with Gasteiger partial charge in [0.1, 0.15) is 0 Å². The van der Waals surface area contributed by atoms with Gasteiger partial charge in [-0.25, -0.2) is 4.98 Å². The van der Waals surface area contributed by atoms with Gasteiger partial charge in [0.05, 0.1) is 0 Å². The van der Waals surface area contributed by atoms with E-state index >= 15 is 0 Å². The summed E-state index contributed by atoms with van der Waals surface area (Å²) in [6.45, 7) is 7.66. The molecule has 2 N–H and O–H groups in total. The fourth-order valence-electron chi connectivity index (χ4n) is 2.89. The third-order valence-corrected chi connectivity index (χ3v) is 4.84. The summed E-state index contributed by atoms with van der Waals surface area (Å²) in [6, 6.07) is 11.3. The molecule has 1 aliphatic rings. The molecule has 0 spiro atoms. The molecule has 112 valence electrons. The molecule has 1 atom stereocenters. The lowest BCUT2D eigenvalue weighted by atomic mass is 10.1. The van der Waals surface area contributed by atoms with Gasteiger partial charge < -0.3 is 5.73 Å². The number of hydrogen-bond donors (Lipinski definition) is 1. The summed E-state index contributed by atoms with van der Waals surface area (Å²) in [7, 11) is 0. The second-order valence-corrected chi connectivity index (χ2v) is 6.85. The second kappa shape index (κ2) is 6.56. The molecule has 0 bridgehead atoms. The third kappa shape index (κ3) is 3.81. The van der Waals surface area contributed by atoms with Crippen LogP contribution >= 0.6 is 11.3 Å². The number of anilines is 1. The first-order valence-corrected chi connectivity index (χ1v) is 8.23. The number of nitrogens with zero attached hydrogens (tertiary/aromatic N) is 3. The van der Waals surface area contributed by atoms with Crippen LogP contribution in [-0.2, 0) is 13.1 Å². The van der Waals surface area contributed by atoms with Gasteiger partial charge in [-0.05, 0) is 12.5 Å². The van der Waals surface area contributed by atoms with Gasteiger partial charge in [0, 0.05) is 49.8 Å². The van der Waals surface area contributed by atoms with Crippen LogP contribution in [0.4, 0.5) is 5.13 Å². The number of nitrogen functional groups attached to an aromatic ring is 1. The molecule has 1 aromatic carbocycles. The normalized spacial score (nSPS) is 20.7. The Bertz CT molecular complexity index is 569. The van der Waals surface area contributed by atoms with Crippen LogP contribution in [0.2, 0.25) is 0 Å². The minimum Gasteiger partial charge on any atom is -0.375 e. The van der Waals surface area contributed by atoms with Crippen molar-refractivity contribution >= 4 is 16.5 Å². The highest BCUT2D eigenvalue weighted by atomic mass is 32.1. The zero-order valence-corrected chi connectivity index (χ0v) is 13.2. The van der Waals surface area contributed by atoms with Crippen LogP contribution in [0.1, 0.15) is 17.4 Å². The van der Waals surface area contributed by atoms with E-state index in [0.29, 0.717) is 11.2 Å². The number of rotatable bonds is 4. The molecule has 1 aromatic heterocycles. The Hall–Kier alpha value is -1.43. The molecule has 1 fully saturated rings. The first-order valence-electron chi connectivity index (χ1n) is 7.41. The largest absolute Gasteiger partial charge is 0.375 e. The summed E-state index contributed by atoms with van der Waals surface area (Å²) in [6.07, 6.45) is 1.91. The minimum atomic E-state index is 0.561. The summed E-state index contributed by atoms with van der Waals surface area (Å²) in [5.74, 6) is 0. The number of piperazine rings is 1.